The Morgan fingerprint density at radius 3 is 2.44 bits per heavy atom. The summed E-state index contributed by atoms with van der Waals surface area (Å²) in [4.78, 5) is 54.9. The highest BCUT2D eigenvalue weighted by atomic mass is 16.4. The third-order valence-corrected chi connectivity index (χ3v) is 7.58. The van der Waals surface area contributed by atoms with Gasteiger partial charge in [-0.05, 0) is 49.4 Å². The average Bonchev–Trinajstić information content (AvgIpc) is 3.07. The highest BCUT2D eigenvalue weighted by Gasteiger charge is 2.44. The number of carbonyl (C=O) groups is 4. The van der Waals surface area contributed by atoms with Crippen LogP contribution in [0.25, 0.3) is 0 Å². The average molecular weight is 461 g/mol. The van der Waals surface area contributed by atoms with E-state index in [1.165, 1.54) is 4.90 Å². The largest absolute Gasteiger partial charge is 0.481 e. The van der Waals surface area contributed by atoms with Crippen molar-refractivity contribution in [3.63, 3.8) is 0 Å². The number of carboxylic acids is 1. The lowest BCUT2D eigenvalue weighted by Crippen LogP contribution is -2.50. The van der Waals surface area contributed by atoms with Crippen LogP contribution >= 0.6 is 0 Å². The molecule has 2 heterocycles. The zero-order chi connectivity index (χ0) is 24.0. The SMILES string of the molecule is Cc1ccc2c(c1)C(=O)N(C[C@@H]1c3ccccc3CCN1C(=O)[C@@H]1CCCC[C@@H]1C(=O)O)C2=O. The van der Waals surface area contributed by atoms with Gasteiger partial charge in [-0.3, -0.25) is 24.1 Å². The van der Waals surface area contributed by atoms with Gasteiger partial charge in [-0.1, -0.05) is 48.7 Å². The zero-order valence-electron chi connectivity index (χ0n) is 19.2. The first-order chi connectivity index (χ1) is 16.4. The van der Waals surface area contributed by atoms with E-state index in [0.717, 1.165) is 29.5 Å². The van der Waals surface area contributed by atoms with Gasteiger partial charge in [0.25, 0.3) is 11.8 Å². The van der Waals surface area contributed by atoms with Crippen molar-refractivity contribution < 1.29 is 24.3 Å². The number of carbonyl (C=O) groups excluding carboxylic acids is 3. The van der Waals surface area contributed by atoms with E-state index in [1.807, 2.05) is 37.3 Å². The summed E-state index contributed by atoms with van der Waals surface area (Å²) in [5.74, 6) is -3.08. The summed E-state index contributed by atoms with van der Waals surface area (Å²) in [6.07, 6.45) is 3.34. The molecule has 0 spiro atoms. The number of benzene rings is 2. The van der Waals surface area contributed by atoms with Crippen molar-refractivity contribution in [3.8, 4) is 0 Å². The molecular formula is C27H28N2O5. The number of aryl methyl sites for hydroxylation is 1. The molecule has 176 valence electrons. The summed E-state index contributed by atoms with van der Waals surface area (Å²) in [5.41, 5.74) is 3.68. The molecule has 1 aliphatic carbocycles. The predicted molar refractivity (Wildman–Crippen MR) is 124 cm³/mol. The minimum atomic E-state index is -0.928. The summed E-state index contributed by atoms with van der Waals surface area (Å²) in [7, 11) is 0. The molecule has 0 bridgehead atoms. The molecule has 1 fully saturated rings. The molecule has 3 aliphatic rings. The molecule has 34 heavy (non-hydrogen) atoms. The number of carboxylic acid groups (broad SMARTS) is 1. The summed E-state index contributed by atoms with van der Waals surface area (Å²) in [5, 5.41) is 9.73. The second kappa shape index (κ2) is 8.70. The van der Waals surface area contributed by atoms with Gasteiger partial charge in [-0.25, -0.2) is 0 Å². The van der Waals surface area contributed by atoms with Crippen LogP contribution < -0.4 is 0 Å². The third kappa shape index (κ3) is 3.69. The van der Waals surface area contributed by atoms with Crippen LogP contribution in [-0.4, -0.2) is 51.7 Å². The van der Waals surface area contributed by atoms with Gasteiger partial charge in [-0.15, -0.1) is 0 Å². The highest BCUT2D eigenvalue weighted by molar-refractivity contribution is 6.21. The van der Waals surface area contributed by atoms with Crippen LogP contribution in [-0.2, 0) is 16.0 Å². The Balaban J connectivity index is 1.49. The van der Waals surface area contributed by atoms with Crippen molar-refractivity contribution in [3.05, 3.63) is 70.3 Å². The molecular weight excluding hydrogens is 432 g/mol. The summed E-state index contributed by atoms with van der Waals surface area (Å²) in [6, 6.07) is 12.5. The van der Waals surface area contributed by atoms with Crippen molar-refractivity contribution in [2.75, 3.05) is 13.1 Å². The van der Waals surface area contributed by atoms with Gasteiger partial charge >= 0.3 is 5.97 Å². The van der Waals surface area contributed by atoms with E-state index in [4.69, 9.17) is 0 Å². The second-order valence-corrected chi connectivity index (χ2v) is 9.60. The summed E-state index contributed by atoms with van der Waals surface area (Å²) >= 11 is 0. The molecule has 5 rings (SSSR count). The number of fused-ring (bicyclic) bond motifs is 2. The predicted octanol–water partition coefficient (Wildman–Crippen LogP) is 3.61. The molecule has 1 saturated carbocycles. The number of imide groups is 1. The fourth-order valence-corrected chi connectivity index (χ4v) is 5.79. The van der Waals surface area contributed by atoms with Crippen molar-refractivity contribution in [1.29, 1.82) is 0 Å². The molecule has 3 atom stereocenters. The van der Waals surface area contributed by atoms with Crippen molar-refractivity contribution in [1.82, 2.24) is 9.80 Å². The Morgan fingerprint density at radius 1 is 0.971 bits per heavy atom. The molecule has 0 aromatic heterocycles. The Labute approximate surface area is 198 Å². The Hall–Kier alpha value is -3.48. The molecule has 0 saturated heterocycles. The normalized spacial score (nSPS) is 24.1. The first-order valence-corrected chi connectivity index (χ1v) is 11.9. The fraction of sp³-hybridized carbons (Fsp3) is 0.407. The molecule has 2 aliphatic heterocycles. The molecule has 2 aromatic carbocycles. The van der Waals surface area contributed by atoms with Gasteiger partial charge in [0.05, 0.1) is 35.5 Å². The molecule has 3 amide bonds. The van der Waals surface area contributed by atoms with Gasteiger partial charge in [-0.2, -0.15) is 0 Å². The Kier molecular flexibility index (Phi) is 5.71. The van der Waals surface area contributed by atoms with Gasteiger partial charge in [0, 0.05) is 6.54 Å². The molecule has 0 unspecified atom stereocenters. The lowest BCUT2D eigenvalue weighted by molar-refractivity contribution is -0.153. The smallest absolute Gasteiger partial charge is 0.307 e. The molecule has 2 aromatic rings. The lowest BCUT2D eigenvalue weighted by Gasteiger charge is -2.42. The molecule has 7 heteroatoms. The first kappa shape index (κ1) is 22.3. The molecule has 7 nitrogen and oxygen atoms in total. The maximum atomic E-state index is 13.8. The topological polar surface area (TPSA) is 95.0 Å². The number of amides is 3. The maximum Gasteiger partial charge on any atom is 0.307 e. The van der Waals surface area contributed by atoms with Gasteiger partial charge < -0.3 is 10.0 Å². The third-order valence-electron chi connectivity index (χ3n) is 7.58. The quantitative estimate of drug-likeness (QED) is 0.704. The van der Waals surface area contributed by atoms with Crippen LogP contribution in [0, 0.1) is 18.8 Å². The number of nitrogens with zero attached hydrogens (tertiary/aromatic N) is 2. The van der Waals surface area contributed by atoms with Gasteiger partial charge in [0.2, 0.25) is 5.91 Å². The van der Waals surface area contributed by atoms with Crippen molar-refractivity contribution >= 4 is 23.7 Å². The van der Waals surface area contributed by atoms with E-state index < -0.39 is 23.8 Å². The number of hydrogen-bond acceptors (Lipinski definition) is 4. The minimum absolute atomic E-state index is 0.0542. The van der Waals surface area contributed by atoms with E-state index in [0.29, 0.717) is 36.9 Å². The standard InChI is InChI=1S/C27H28N2O5/c1-16-10-11-20-22(14-16)26(32)29(25(20)31)15-23-18-7-3-2-6-17(18)12-13-28(23)24(30)19-8-4-5-9-21(19)27(33)34/h2-3,6-7,10-11,14,19,21,23H,4-5,8-9,12-13,15H2,1H3,(H,33,34)/t19-,21+,23-/m1/s1. The van der Waals surface area contributed by atoms with Crippen LogP contribution in [0.4, 0.5) is 0 Å². The van der Waals surface area contributed by atoms with Crippen LogP contribution in [0.5, 0.6) is 0 Å². The number of hydrogen-bond donors (Lipinski definition) is 1. The van der Waals surface area contributed by atoms with Gasteiger partial charge in [0.15, 0.2) is 0 Å². The fourth-order valence-electron chi connectivity index (χ4n) is 5.79. The van der Waals surface area contributed by atoms with Crippen LogP contribution in [0.2, 0.25) is 0 Å². The Bertz CT molecular complexity index is 1190. The van der Waals surface area contributed by atoms with E-state index in [1.54, 1.807) is 17.0 Å². The van der Waals surface area contributed by atoms with Crippen molar-refractivity contribution in [2.24, 2.45) is 11.8 Å². The van der Waals surface area contributed by atoms with E-state index in [9.17, 15) is 24.3 Å². The van der Waals surface area contributed by atoms with Crippen molar-refractivity contribution in [2.45, 2.75) is 45.1 Å². The first-order valence-electron chi connectivity index (χ1n) is 11.9. The summed E-state index contributed by atoms with van der Waals surface area (Å²) < 4.78 is 0. The van der Waals surface area contributed by atoms with E-state index >= 15 is 0 Å². The number of rotatable bonds is 4. The second-order valence-electron chi connectivity index (χ2n) is 9.60. The monoisotopic (exact) mass is 460 g/mol. The minimum Gasteiger partial charge on any atom is -0.481 e. The maximum absolute atomic E-state index is 13.8. The van der Waals surface area contributed by atoms with Crippen LogP contribution in [0.1, 0.15) is 69.1 Å². The lowest BCUT2D eigenvalue weighted by atomic mass is 9.77. The molecule has 1 N–H and O–H groups in total. The van der Waals surface area contributed by atoms with E-state index in [2.05, 4.69) is 0 Å². The van der Waals surface area contributed by atoms with Crippen LogP contribution in [0.15, 0.2) is 42.5 Å². The van der Waals surface area contributed by atoms with Gasteiger partial charge in [0.1, 0.15) is 0 Å². The highest BCUT2D eigenvalue weighted by Crippen LogP contribution is 2.38. The summed E-state index contributed by atoms with van der Waals surface area (Å²) in [6.45, 7) is 2.37. The van der Waals surface area contributed by atoms with Crippen LogP contribution in [0.3, 0.4) is 0 Å². The molecule has 0 radical (unpaired) electrons. The number of aliphatic carboxylic acids is 1. The van der Waals surface area contributed by atoms with E-state index in [-0.39, 0.29) is 24.3 Å². The Morgan fingerprint density at radius 2 is 1.68 bits per heavy atom. The zero-order valence-corrected chi connectivity index (χ0v) is 19.2.